The van der Waals surface area contributed by atoms with Gasteiger partial charge < -0.3 is 5.11 Å². The van der Waals surface area contributed by atoms with Crippen molar-refractivity contribution in [2.75, 3.05) is 0 Å². The van der Waals surface area contributed by atoms with Crippen LogP contribution in [-0.2, 0) is 0 Å². The number of para-hydroxylation sites is 1. The van der Waals surface area contributed by atoms with Crippen LogP contribution in [0.5, 0.6) is 5.75 Å². The van der Waals surface area contributed by atoms with Gasteiger partial charge in [-0.1, -0.05) is 29.8 Å². The third kappa shape index (κ3) is 2.65. The van der Waals surface area contributed by atoms with Crippen LogP contribution in [0, 0.1) is 6.92 Å². The first-order valence-electron chi connectivity index (χ1n) is 8.48. The summed E-state index contributed by atoms with van der Waals surface area (Å²) >= 11 is 6.21. The van der Waals surface area contributed by atoms with Gasteiger partial charge in [0.2, 0.25) is 0 Å². The number of hydrogen-bond donors (Lipinski definition) is 2. The van der Waals surface area contributed by atoms with E-state index in [9.17, 15) is 5.11 Å². The summed E-state index contributed by atoms with van der Waals surface area (Å²) in [4.78, 5) is 0. The van der Waals surface area contributed by atoms with Crippen LogP contribution in [0.1, 0.15) is 25.5 Å². The molecule has 0 radical (unpaired) electrons. The van der Waals surface area contributed by atoms with Crippen molar-refractivity contribution >= 4 is 22.5 Å². The van der Waals surface area contributed by atoms with E-state index in [-0.39, 0.29) is 11.8 Å². The molecule has 0 fully saturated rings. The second-order valence-corrected chi connectivity index (χ2v) is 7.10. The Bertz CT molecular complexity index is 1110. The third-order valence-corrected chi connectivity index (χ3v) is 4.90. The van der Waals surface area contributed by atoms with Crippen molar-refractivity contribution in [3.05, 3.63) is 53.1 Å². The van der Waals surface area contributed by atoms with E-state index in [1.165, 1.54) is 0 Å². The van der Waals surface area contributed by atoms with Gasteiger partial charge in [0.05, 0.1) is 16.9 Å². The summed E-state index contributed by atoms with van der Waals surface area (Å²) in [7, 11) is 0. The largest absolute Gasteiger partial charge is 0.507 e. The fourth-order valence-corrected chi connectivity index (χ4v) is 3.30. The number of H-pyrrole nitrogens is 1. The van der Waals surface area contributed by atoms with Crippen molar-refractivity contribution in [2.24, 2.45) is 0 Å². The second kappa shape index (κ2) is 6.18. The Kier molecular flexibility index (Phi) is 3.96. The number of fused-ring (bicyclic) bond motifs is 1. The maximum atomic E-state index is 10.3. The van der Waals surface area contributed by atoms with E-state index in [4.69, 9.17) is 16.7 Å². The lowest BCUT2D eigenvalue weighted by atomic mass is 10.1. The first kappa shape index (κ1) is 16.7. The molecule has 0 atom stereocenters. The number of phenolic OH excluding ortho intramolecular Hbond substituents is 1. The molecule has 0 aliphatic heterocycles. The van der Waals surface area contributed by atoms with Crippen LogP contribution >= 0.6 is 11.6 Å². The molecule has 0 aliphatic carbocycles. The zero-order chi connectivity index (χ0) is 18.4. The number of nitrogens with one attached hydrogen (secondary N) is 1. The van der Waals surface area contributed by atoms with Gasteiger partial charge in [-0.2, -0.15) is 10.2 Å². The van der Waals surface area contributed by atoms with E-state index in [1.807, 2.05) is 29.8 Å². The third-order valence-electron chi connectivity index (χ3n) is 4.49. The number of aromatic hydroxyl groups is 1. The van der Waals surface area contributed by atoms with Gasteiger partial charge in [0.1, 0.15) is 11.4 Å². The van der Waals surface area contributed by atoms with Crippen molar-refractivity contribution < 1.29 is 5.11 Å². The van der Waals surface area contributed by atoms with Crippen LogP contribution in [0.15, 0.2) is 42.5 Å². The molecule has 0 aliphatic rings. The molecule has 0 saturated carbocycles. The zero-order valence-electron chi connectivity index (χ0n) is 14.8. The number of halogens is 1. The number of phenols is 1. The molecule has 0 spiro atoms. The average Bonchev–Trinajstić information content (AvgIpc) is 3.22. The SMILES string of the molecule is Cc1cc(O)c(-c2cc(-c3nn(C(C)C)c4ccccc34)[nH]n2)cc1Cl. The summed E-state index contributed by atoms with van der Waals surface area (Å²) in [5.41, 5.74) is 4.76. The molecule has 26 heavy (non-hydrogen) atoms. The lowest BCUT2D eigenvalue weighted by Gasteiger charge is -2.06. The molecule has 0 unspecified atom stereocenters. The van der Waals surface area contributed by atoms with E-state index >= 15 is 0 Å². The highest BCUT2D eigenvalue weighted by atomic mass is 35.5. The van der Waals surface area contributed by atoms with Crippen LogP contribution in [0.3, 0.4) is 0 Å². The van der Waals surface area contributed by atoms with Gasteiger partial charge in [0.15, 0.2) is 0 Å². The maximum Gasteiger partial charge on any atom is 0.125 e. The minimum Gasteiger partial charge on any atom is -0.507 e. The van der Waals surface area contributed by atoms with Gasteiger partial charge in [-0.25, -0.2) is 0 Å². The highest BCUT2D eigenvalue weighted by Gasteiger charge is 2.17. The predicted octanol–water partition coefficient (Wildman–Crippen LogP) is 5.34. The molecule has 4 rings (SSSR count). The van der Waals surface area contributed by atoms with E-state index in [0.717, 1.165) is 27.9 Å². The van der Waals surface area contributed by atoms with Gasteiger partial charge in [0.25, 0.3) is 0 Å². The predicted molar refractivity (Wildman–Crippen MR) is 105 cm³/mol. The fourth-order valence-electron chi connectivity index (χ4n) is 3.13. The number of aromatic amines is 1. The Balaban J connectivity index is 1.85. The smallest absolute Gasteiger partial charge is 0.125 e. The molecule has 0 bridgehead atoms. The lowest BCUT2D eigenvalue weighted by molar-refractivity contribution is 0.476. The van der Waals surface area contributed by atoms with Crippen molar-refractivity contribution in [2.45, 2.75) is 26.8 Å². The number of nitrogens with zero attached hydrogens (tertiary/aromatic N) is 3. The van der Waals surface area contributed by atoms with E-state index in [1.54, 1.807) is 12.1 Å². The lowest BCUT2D eigenvalue weighted by Crippen LogP contribution is -2.02. The topological polar surface area (TPSA) is 66.7 Å². The fraction of sp³-hybridized carbons (Fsp3) is 0.200. The summed E-state index contributed by atoms with van der Waals surface area (Å²) in [5, 5.41) is 24.1. The first-order chi connectivity index (χ1) is 12.5. The highest BCUT2D eigenvalue weighted by molar-refractivity contribution is 6.31. The van der Waals surface area contributed by atoms with Gasteiger partial charge >= 0.3 is 0 Å². The molecule has 132 valence electrons. The Morgan fingerprint density at radius 3 is 2.69 bits per heavy atom. The molecule has 2 aromatic heterocycles. The molecule has 0 amide bonds. The summed E-state index contributed by atoms with van der Waals surface area (Å²) in [5.74, 6) is 0.155. The van der Waals surface area contributed by atoms with Crippen LogP contribution in [0.25, 0.3) is 33.5 Å². The second-order valence-electron chi connectivity index (χ2n) is 6.69. The van der Waals surface area contributed by atoms with Crippen molar-refractivity contribution in [1.82, 2.24) is 20.0 Å². The van der Waals surface area contributed by atoms with Crippen molar-refractivity contribution in [3.8, 4) is 28.4 Å². The van der Waals surface area contributed by atoms with Crippen molar-refractivity contribution in [1.29, 1.82) is 0 Å². The molecule has 0 saturated heterocycles. The number of benzene rings is 2. The number of aryl methyl sites for hydroxylation is 1. The maximum absolute atomic E-state index is 10.3. The molecule has 5 nitrogen and oxygen atoms in total. The van der Waals surface area contributed by atoms with Crippen LogP contribution in [0.2, 0.25) is 5.02 Å². The first-order valence-corrected chi connectivity index (χ1v) is 8.86. The van der Waals surface area contributed by atoms with Crippen molar-refractivity contribution in [3.63, 3.8) is 0 Å². The van der Waals surface area contributed by atoms with Crippen LogP contribution in [-0.4, -0.2) is 25.1 Å². The number of hydrogen-bond acceptors (Lipinski definition) is 3. The van der Waals surface area contributed by atoms with Crippen LogP contribution in [0.4, 0.5) is 0 Å². The highest BCUT2D eigenvalue weighted by Crippen LogP contribution is 2.35. The summed E-state index contributed by atoms with van der Waals surface area (Å²) < 4.78 is 2.01. The Morgan fingerprint density at radius 1 is 1.15 bits per heavy atom. The molecule has 2 heterocycles. The monoisotopic (exact) mass is 366 g/mol. The normalized spacial score (nSPS) is 11.6. The Labute approximate surface area is 156 Å². The minimum atomic E-state index is 0.155. The standard InChI is InChI=1S/C20H19ClN4O/c1-11(2)25-18-7-5-4-6-13(18)20(24-25)17-10-16(22-23-17)14-9-15(21)12(3)8-19(14)26/h4-11,26H,1-3H3,(H,22,23). The van der Waals surface area contributed by atoms with E-state index < -0.39 is 0 Å². The summed E-state index contributed by atoms with van der Waals surface area (Å²) in [6.07, 6.45) is 0. The molecular formula is C20H19ClN4O. The Morgan fingerprint density at radius 2 is 1.92 bits per heavy atom. The zero-order valence-corrected chi connectivity index (χ0v) is 15.5. The van der Waals surface area contributed by atoms with Gasteiger partial charge in [-0.05, 0) is 50.6 Å². The van der Waals surface area contributed by atoms with Gasteiger partial charge in [-0.15, -0.1) is 0 Å². The number of aromatic nitrogens is 4. The average molecular weight is 367 g/mol. The summed E-state index contributed by atoms with van der Waals surface area (Å²) in [6, 6.07) is 13.6. The molecule has 2 N–H and O–H groups in total. The van der Waals surface area contributed by atoms with Gasteiger partial charge in [-0.3, -0.25) is 9.78 Å². The van der Waals surface area contributed by atoms with Gasteiger partial charge in [0, 0.05) is 22.0 Å². The Hall–Kier alpha value is -2.79. The molecule has 4 aromatic rings. The van der Waals surface area contributed by atoms with Crippen LogP contribution < -0.4 is 0 Å². The molecular weight excluding hydrogens is 348 g/mol. The summed E-state index contributed by atoms with van der Waals surface area (Å²) in [6.45, 7) is 6.06. The van der Waals surface area contributed by atoms with E-state index in [0.29, 0.717) is 16.3 Å². The van der Waals surface area contributed by atoms with E-state index in [2.05, 4.69) is 36.2 Å². The molecule has 2 aromatic carbocycles. The molecule has 6 heteroatoms. The minimum absolute atomic E-state index is 0.155. The number of rotatable bonds is 3. The quantitative estimate of drug-likeness (QED) is 0.514.